The lowest BCUT2D eigenvalue weighted by atomic mass is 10.3. The van der Waals surface area contributed by atoms with E-state index in [1.807, 2.05) is 13.0 Å². The average molecular weight is 208 g/mol. The molecule has 0 saturated carbocycles. The fraction of sp³-hybridized carbons (Fsp3) is 0.333. The molecule has 0 nitrogen and oxygen atoms in total. The Bertz CT molecular complexity index is 90.4. The van der Waals surface area contributed by atoms with Gasteiger partial charge in [-0.3, -0.25) is 0 Å². The molecule has 0 aromatic heterocycles. The normalized spacial score (nSPS) is 13.3. The van der Waals surface area contributed by atoms with Crippen molar-refractivity contribution in [2.45, 2.75) is 13.8 Å². The maximum absolute atomic E-state index is 2.22. The minimum atomic E-state index is 1.31. The van der Waals surface area contributed by atoms with E-state index in [0.717, 1.165) is 0 Å². The predicted molar refractivity (Wildman–Crippen MR) is 42.6 cm³/mol. The van der Waals surface area contributed by atoms with Crippen LogP contribution in [0.5, 0.6) is 0 Å². The minimum absolute atomic E-state index is 1.31. The van der Waals surface area contributed by atoms with Crippen LogP contribution in [0.3, 0.4) is 0 Å². The molecule has 0 unspecified atom stereocenters. The molecule has 0 saturated heterocycles. The van der Waals surface area contributed by atoms with E-state index in [0.29, 0.717) is 0 Å². The van der Waals surface area contributed by atoms with E-state index in [2.05, 4.69) is 39.7 Å². The molecule has 0 fully saturated rings. The van der Waals surface area contributed by atoms with Crippen LogP contribution in [0, 0.1) is 0 Å². The number of hydrogen-bond acceptors (Lipinski definition) is 0. The van der Waals surface area contributed by atoms with Crippen LogP contribution < -0.4 is 0 Å². The zero-order valence-electron chi connectivity index (χ0n) is 4.61. The molecule has 0 heterocycles. The lowest BCUT2D eigenvalue weighted by molar-refractivity contribution is 1.53. The van der Waals surface area contributed by atoms with E-state index < -0.39 is 0 Å². The topological polar surface area (TPSA) is 0 Å². The Balaban J connectivity index is 3.58. The highest BCUT2D eigenvalue weighted by atomic mass is 127. The second-order valence-electron chi connectivity index (χ2n) is 1.35. The van der Waals surface area contributed by atoms with Gasteiger partial charge in [0.1, 0.15) is 0 Å². The molecule has 0 bridgehead atoms. The van der Waals surface area contributed by atoms with Gasteiger partial charge in [0, 0.05) is 0 Å². The quantitative estimate of drug-likeness (QED) is 0.459. The van der Waals surface area contributed by atoms with Crippen LogP contribution in [0.4, 0.5) is 0 Å². The van der Waals surface area contributed by atoms with Crippen molar-refractivity contribution in [3.63, 3.8) is 0 Å². The van der Waals surface area contributed by atoms with Gasteiger partial charge >= 0.3 is 0 Å². The third-order valence-electron chi connectivity index (χ3n) is 0.602. The van der Waals surface area contributed by atoms with Crippen molar-refractivity contribution in [3.8, 4) is 0 Å². The molecule has 0 aliphatic rings. The Morgan fingerprint density at radius 2 is 2.14 bits per heavy atom. The number of halogens is 1. The number of rotatable bonds is 1. The smallest absolute Gasteiger partial charge is 0.0205 e. The molecule has 0 radical (unpaired) electrons. The predicted octanol–water partition coefficient (Wildman–Crippen LogP) is 2.90. The Labute approximate surface area is 58.4 Å². The Morgan fingerprint density at radius 1 is 1.57 bits per heavy atom. The molecule has 40 valence electrons. The Morgan fingerprint density at radius 3 is 2.29 bits per heavy atom. The lowest BCUT2D eigenvalue weighted by Gasteiger charge is -1.80. The molecule has 0 atom stereocenters. The van der Waals surface area contributed by atoms with Gasteiger partial charge in [0.25, 0.3) is 0 Å². The Hall–Kier alpha value is 0.210. The second kappa shape index (κ2) is 4.37. The van der Waals surface area contributed by atoms with E-state index >= 15 is 0 Å². The summed E-state index contributed by atoms with van der Waals surface area (Å²) >= 11 is 2.22. The van der Waals surface area contributed by atoms with E-state index in [4.69, 9.17) is 0 Å². The van der Waals surface area contributed by atoms with Gasteiger partial charge in [-0.1, -0.05) is 34.7 Å². The van der Waals surface area contributed by atoms with Gasteiger partial charge < -0.3 is 0 Å². The van der Waals surface area contributed by atoms with E-state index in [1.54, 1.807) is 0 Å². The molecule has 0 rings (SSSR count). The molecule has 0 aromatic rings. The number of allylic oxidation sites excluding steroid dienone is 3. The van der Waals surface area contributed by atoms with Gasteiger partial charge in [0.15, 0.2) is 0 Å². The first-order valence-electron chi connectivity index (χ1n) is 2.21. The van der Waals surface area contributed by atoms with Crippen LogP contribution in [0.2, 0.25) is 0 Å². The third-order valence-corrected chi connectivity index (χ3v) is 1.58. The van der Waals surface area contributed by atoms with Gasteiger partial charge in [-0.25, -0.2) is 0 Å². The summed E-state index contributed by atoms with van der Waals surface area (Å²) in [6.07, 6.45) is 4.11. The van der Waals surface area contributed by atoms with E-state index in [1.165, 1.54) is 5.57 Å². The summed E-state index contributed by atoms with van der Waals surface area (Å²) in [7, 11) is 0. The van der Waals surface area contributed by atoms with Crippen molar-refractivity contribution in [2.24, 2.45) is 0 Å². The molecule has 1 heteroatoms. The second-order valence-corrected chi connectivity index (χ2v) is 1.98. The van der Waals surface area contributed by atoms with Crippen molar-refractivity contribution < 1.29 is 0 Å². The molecule has 0 amide bonds. The van der Waals surface area contributed by atoms with Gasteiger partial charge in [-0.05, 0) is 23.5 Å². The van der Waals surface area contributed by atoms with Gasteiger partial charge in [-0.2, -0.15) is 0 Å². The summed E-state index contributed by atoms with van der Waals surface area (Å²) in [5.74, 6) is 0. The highest BCUT2D eigenvalue weighted by molar-refractivity contribution is 14.1. The zero-order valence-corrected chi connectivity index (χ0v) is 6.77. The largest absolute Gasteiger partial charge is 0.0874 e. The summed E-state index contributed by atoms with van der Waals surface area (Å²) in [5, 5.41) is 0. The molecule has 7 heavy (non-hydrogen) atoms. The molecule has 0 spiro atoms. The van der Waals surface area contributed by atoms with Crippen LogP contribution >= 0.6 is 22.6 Å². The summed E-state index contributed by atoms with van der Waals surface area (Å²) < 4.78 is 2.05. The van der Waals surface area contributed by atoms with Crippen molar-refractivity contribution >= 4 is 22.6 Å². The first kappa shape index (κ1) is 7.21. The third kappa shape index (κ3) is 4.05. The van der Waals surface area contributed by atoms with E-state index in [9.17, 15) is 0 Å². The van der Waals surface area contributed by atoms with Crippen LogP contribution in [0.25, 0.3) is 0 Å². The van der Waals surface area contributed by atoms with Gasteiger partial charge in [0.05, 0.1) is 0 Å². The van der Waals surface area contributed by atoms with Crippen LogP contribution in [-0.2, 0) is 0 Å². The lowest BCUT2D eigenvalue weighted by Crippen LogP contribution is -1.57. The molecule has 0 aliphatic carbocycles. The van der Waals surface area contributed by atoms with Gasteiger partial charge in [0.2, 0.25) is 0 Å². The van der Waals surface area contributed by atoms with Crippen molar-refractivity contribution in [2.75, 3.05) is 0 Å². The standard InChI is InChI=1S/C6H9I/c1-3-4-6(2)5-7/h3-5H,1-2H3. The maximum atomic E-state index is 2.22. The highest BCUT2D eigenvalue weighted by Crippen LogP contribution is 1.97. The zero-order chi connectivity index (χ0) is 5.70. The fourth-order valence-electron chi connectivity index (χ4n) is 0.299. The molecule has 0 N–H and O–H groups in total. The summed E-state index contributed by atoms with van der Waals surface area (Å²) in [6.45, 7) is 4.09. The Kier molecular flexibility index (Phi) is 4.50. The minimum Gasteiger partial charge on any atom is -0.0874 e. The molecular weight excluding hydrogens is 199 g/mol. The van der Waals surface area contributed by atoms with Crippen molar-refractivity contribution in [1.82, 2.24) is 0 Å². The molecular formula is C6H9I. The van der Waals surface area contributed by atoms with Crippen LogP contribution in [0.1, 0.15) is 13.8 Å². The number of hydrogen-bond donors (Lipinski definition) is 0. The highest BCUT2D eigenvalue weighted by Gasteiger charge is 1.70. The summed E-state index contributed by atoms with van der Waals surface area (Å²) in [4.78, 5) is 0. The first-order valence-corrected chi connectivity index (χ1v) is 3.45. The van der Waals surface area contributed by atoms with Gasteiger partial charge in [-0.15, -0.1) is 0 Å². The van der Waals surface area contributed by atoms with Crippen LogP contribution in [-0.4, -0.2) is 0 Å². The molecule has 0 aliphatic heterocycles. The maximum Gasteiger partial charge on any atom is -0.0205 e. The van der Waals surface area contributed by atoms with Crippen molar-refractivity contribution in [1.29, 1.82) is 0 Å². The summed E-state index contributed by atoms with van der Waals surface area (Å²) in [6, 6.07) is 0. The van der Waals surface area contributed by atoms with E-state index in [-0.39, 0.29) is 0 Å². The first-order chi connectivity index (χ1) is 3.31. The SMILES string of the molecule is CC=CC(C)=CI. The average Bonchev–Trinajstić information content (AvgIpc) is 1.68. The summed E-state index contributed by atoms with van der Waals surface area (Å²) in [5.41, 5.74) is 1.31. The monoisotopic (exact) mass is 208 g/mol. The fourth-order valence-corrected chi connectivity index (χ4v) is 0.507. The molecule has 0 aromatic carbocycles. The van der Waals surface area contributed by atoms with Crippen LogP contribution in [0.15, 0.2) is 21.8 Å². The van der Waals surface area contributed by atoms with Crippen molar-refractivity contribution in [3.05, 3.63) is 21.8 Å².